The van der Waals surface area contributed by atoms with E-state index in [-0.39, 0.29) is 78.2 Å². The zero-order chi connectivity index (χ0) is 46.2. The second-order valence-corrected chi connectivity index (χ2v) is 14.3. The summed E-state index contributed by atoms with van der Waals surface area (Å²) in [5.74, 6) is -24.7. The molecule has 5 heterocycles. The molecule has 9 rings (SSSR count). The van der Waals surface area contributed by atoms with Gasteiger partial charge in [-0.05, 0) is 84.0 Å². The average molecular weight is 897 g/mol. The molecule has 0 saturated carbocycles. The van der Waals surface area contributed by atoms with Crippen LogP contribution in [0.4, 0.5) is 43.9 Å². The van der Waals surface area contributed by atoms with E-state index < -0.39 is 92.4 Å². The summed E-state index contributed by atoms with van der Waals surface area (Å²) in [5, 5.41) is 9.59. The molecule has 8 nitrogen and oxygen atoms in total. The van der Waals surface area contributed by atoms with Gasteiger partial charge in [0.05, 0.1) is 52.1 Å². The van der Waals surface area contributed by atoms with Gasteiger partial charge in [-0.2, -0.15) is 0 Å². The van der Waals surface area contributed by atoms with Crippen molar-refractivity contribution in [3.05, 3.63) is 165 Å². The van der Waals surface area contributed by atoms with E-state index in [4.69, 9.17) is 4.74 Å². The number of hydrogen-bond acceptors (Lipinski definition) is 5. The number of esters is 1. The monoisotopic (exact) mass is 896 g/mol. The van der Waals surface area contributed by atoms with Gasteiger partial charge in [0.2, 0.25) is 11.6 Å². The van der Waals surface area contributed by atoms with Crippen LogP contribution >= 0.6 is 0 Å². The fourth-order valence-electron chi connectivity index (χ4n) is 7.66. The summed E-state index contributed by atoms with van der Waals surface area (Å²) in [6.07, 6.45) is 5.02. The Morgan fingerprint density at radius 3 is 1.03 bits per heavy atom. The molecule has 0 spiro atoms. The largest absolute Gasteiger partial charge is 0.478 e. The van der Waals surface area contributed by atoms with Gasteiger partial charge in [0.1, 0.15) is 0 Å². The normalized spacial score (nSPS) is 12.0. The quantitative estimate of drug-likeness (QED) is 0.0661. The Kier molecular flexibility index (Phi) is 10.2. The first-order chi connectivity index (χ1) is 31.1. The molecule has 0 amide bonds. The lowest BCUT2D eigenvalue weighted by atomic mass is 10.0. The number of nitrogens with one attached hydrogen (secondary N) is 2. The molecule has 8 bridgehead atoms. The Morgan fingerprint density at radius 2 is 0.708 bits per heavy atom. The second kappa shape index (κ2) is 15.8. The number of H-pyrrole nitrogens is 2. The highest BCUT2D eigenvalue weighted by molar-refractivity contribution is 6.01. The van der Waals surface area contributed by atoms with Gasteiger partial charge in [-0.15, -0.1) is 0 Å². The zero-order valence-corrected chi connectivity index (χ0v) is 32.6. The first-order valence-corrected chi connectivity index (χ1v) is 18.8. The SMILES string of the molecule is COC(=O)c1ccc(-c2c3nc(c(-c4c(F)c(F)c(F)c(F)c4F)c4ccc([nH]4)c(-c4ccc(C(=O)O)cc4)c4nc(c(-c5c(F)c(F)c(F)c(F)c5F)c5ccc2[nH]5)C=C4)C=C3)cc1. The Morgan fingerprint density at radius 1 is 0.415 bits per heavy atom. The van der Waals surface area contributed by atoms with Gasteiger partial charge in [0.15, 0.2) is 46.5 Å². The van der Waals surface area contributed by atoms with Crippen molar-refractivity contribution in [1.29, 1.82) is 0 Å². The molecule has 0 aliphatic carbocycles. The van der Waals surface area contributed by atoms with Gasteiger partial charge in [0, 0.05) is 44.3 Å². The molecule has 4 aromatic carbocycles. The average Bonchev–Trinajstić information content (AvgIpc) is 4.17. The molecule has 2 aliphatic heterocycles. The molecular formula is C47H22F10N4O4. The third kappa shape index (κ3) is 6.80. The minimum absolute atomic E-state index is 0.00543. The van der Waals surface area contributed by atoms with Crippen molar-refractivity contribution in [3.63, 3.8) is 0 Å². The van der Waals surface area contributed by atoms with E-state index in [2.05, 4.69) is 19.9 Å². The number of rotatable bonds is 6. The maximum Gasteiger partial charge on any atom is 0.337 e. The lowest BCUT2D eigenvalue weighted by Crippen LogP contribution is -2.05. The lowest BCUT2D eigenvalue weighted by Gasteiger charge is -2.11. The van der Waals surface area contributed by atoms with Crippen LogP contribution < -0.4 is 0 Å². The predicted octanol–water partition coefficient (Wildman–Crippen LogP) is 12.2. The van der Waals surface area contributed by atoms with Crippen LogP contribution in [-0.2, 0) is 4.74 Å². The predicted molar refractivity (Wildman–Crippen MR) is 218 cm³/mol. The first kappa shape index (κ1) is 42.0. The molecule has 0 fully saturated rings. The standard InChI is InChI=1S/C47H22F10N4O4/c1-65-47(64)21-8-4-19(5-9-21)31-24-12-16-28(60-24)32(34-36(48)40(52)44(56)41(53)37(34)49)26-14-10-22(58-26)30(18-2-6-20(7-3-18)46(62)63)23-11-15-27(59-23)33(29-17-13-25(31)61-29)35-38(50)42(54)45(57)43(55)39(35)51/h2-17,58,61H,1H3,(H,62,63). The number of aromatic amines is 2. The number of carbonyl (C=O) groups is 2. The van der Waals surface area contributed by atoms with E-state index in [9.17, 15) is 23.5 Å². The molecular weight excluding hydrogens is 875 g/mol. The van der Waals surface area contributed by atoms with E-state index in [0.29, 0.717) is 0 Å². The van der Waals surface area contributed by atoms with Gasteiger partial charge in [-0.25, -0.2) is 63.5 Å². The number of carboxylic acids is 1. The van der Waals surface area contributed by atoms with Crippen LogP contribution in [-0.4, -0.2) is 44.1 Å². The van der Waals surface area contributed by atoms with Crippen LogP contribution in [0.15, 0.2) is 72.8 Å². The third-order valence-corrected chi connectivity index (χ3v) is 10.7. The van der Waals surface area contributed by atoms with Crippen molar-refractivity contribution in [1.82, 2.24) is 19.9 Å². The second-order valence-electron chi connectivity index (χ2n) is 14.3. The van der Waals surface area contributed by atoms with Crippen molar-refractivity contribution in [2.24, 2.45) is 0 Å². The number of carbonyl (C=O) groups excluding carboxylic acids is 1. The zero-order valence-electron chi connectivity index (χ0n) is 32.6. The number of benzene rings is 4. The third-order valence-electron chi connectivity index (χ3n) is 10.7. The number of nitrogens with zero attached hydrogens (tertiary/aromatic N) is 2. The molecule has 324 valence electrons. The van der Waals surface area contributed by atoms with Crippen molar-refractivity contribution in [2.75, 3.05) is 7.11 Å². The highest BCUT2D eigenvalue weighted by Gasteiger charge is 2.32. The van der Waals surface area contributed by atoms with E-state index in [1.165, 1.54) is 97.1 Å². The number of carboxylic acid groups (broad SMARTS) is 1. The van der Waals surface area contributed by atoms with Crippen LogP contribution in [0.5, 0.6) is 0 Å². The number of aromatic carboxylic acids is 1. The maximum absolute atomic E-state index is 15.9. The molecule has 0 radical (unpaired) electrons. The maximum atomic E-state index is 15.9. The number of aromatic nitrogens is 4. The summed E-state index contributed by atoms with van der Waals surface area (Å²) in [5.41, 5.74) is -4.82. The van der Waals surface area contributed by atoms with Gasteiger partial charge in [-0.3, -0.25) is 0 Å². The topological polar surface area (TPSA) is 121 Å². The number of fused-ring (bicyclic) bond motifs is 8. The molecule has 18 heteroatoms. The minimum Gasteiger partial charge on any atom is -0.478 e. The number of hydrogen-bond donors (Lipinski definition) is 3. The van der Waals surface area contributed by atoms with Crippen LogP contribution in [0.25, 0.3) is 90.9 Å². The van der Waals surface area contributed by atoms with E-state index in [0.717, 1.165) is 7.11 Å². The lowest BCUT2D eigenvalue weighted by molar-refractivity contribution is 0.0599. The molecule has 7 aromatic rings. The van der Waals surface area contributed by atoms with Gasteiger partial charge < -0.3 is 19.8 Å². The van der Waals surface area contributed by atoms with Crippen molar-refractivity contribution in [2.45, 2.75) is 0 Å². The highest BCUT2D eigenvalue weighted by atomic mass is 19.2. The summed E-state index contributed by atoms with van der Waals surface area (Å²) in [7, 11) is 1.15. The summed E-state index contributed by atoms with van der Waals surface area (Å²) in [6.45, 7) is 0. The summed E-state index contributed by atoms with van der Waals surface area (Å²) in [4.78, 5) is 39.1. The van der Waals surface area contributed by atoms with Crippen LogP contribution in [0.1, 0.15) is 43.5 Å². The van der Waals surface area contributed by atoms with Crippen molar-refractivity contribution < 1.29 is 63.3 Å². The van der Waals surface area contributed by atoms with Gasteiger partial charge in [0.25, 0.3) is 0 Å². The molecule has 3 aromatic heterocycles. The van der Waals surface area contributed by atoms with Crippen LogP contribution in [0.2, 0.25) is 0 Å². The van der Waals surface area contributed by atoms with E-state index in [1.54, 1.807) is 0 Å². The van der Waals surface area contributed by atoms with Gasteiger partial charge in [-0.1, -0.05) is 24.3 Å². The highest BCUT2D eigenvalue weighted by Crippen LogP contribution is 2.42. The fraction of sp³-hybridized carbons (Fsp3) is 0.0213. The number of halogens is 10. The molecule has 0 atom stereocenters. The molecule has 2 aliphatic rings. The first-order valence-electron chi connectivity index (χ1n) is 18.8. The minimum atomic E-state index is -2.42. The summed E-state index contributed by atoms with van der Waals surface area (Å²) >= 11 is 0. The summed E-state index contributed by atoms with van der Waals surface area (Å²) < 4.78 is 157. The molecule has 0 saturated heterocycles. The fourth-order valence-corrected chi connectivity index (χ4v) is 7.66. The molecule has 65 heavy (non-hydrogen) atoms. The van der Waals surface area contributed by atoms with E-state index >= 15 is 35.1 Å². The summed E-state index contributed by atoms with van der Waals surface area (Å²) in [6, 6.07) is 15.8. The van der Waals surface area contributed by atoms with Crippen LogP contribution in [0.3, 0.4) is 0 Å². The Hall–Kier alpha value is -8.28. The molecule has 0 unspecified atom stereocenters. The Balaban J connectivity index is 1.51. The Labute approximate surface area is 357 Å². The molecule has 3 N–H and O–H groups in total. The smallest absolute Gasteiger partial charge is 0.337 e. The number of ether oxygens (including phenoxy) is 1. The van der Waals surface area contributed by atoms with Crippen LogP contribution in [0, 0.1) is 58.2 Å². The number of methoxy groups -OCH3 is 1. The van der Waals surface area contributed by atoms with E-state index in [1.807, 2.05) is 0 Å². The van der Waals surface area contributed by atoms with Crippen molar-refractivity contribution in [3.8, 4) is 44.5 Å². The van der Waals surface area contributed by atoms with Crippen molar-refractivity contribution >= 4 is 58.3 Å². The van der Waals surface area contributed by atoms with Gasteiger partial charge >= 0.3 is 11.9 Å². The Bertz CT molecular complexity index is 3350.